The Bertz CT molecular complexity index is 421. The van der Waals surface area contributed by atoms with Gasteiger partial charge in [0.25, 0.3) is 0 Å². The molecule has 0 fully saturated rings. The van der Waals surface area contributed by atoms with E-state index in [1.165, 1.54) is 5.56 Å². The van der Waals surface area contributed by atoms with Crippen LogP contribution >= 0.6 is 0 Å². The van der Waals surface area contributed by atoms with Crippen LogP contribution in [-0.2, 0) is 15.8 Å². The molecule has 0 aliphatic carbocycles. The van der Waals surface area contributed by atoms with Gasteiger partial charge in [0, 0.05) is 13.2 Å². The van der Waals surface area contributed by atoms with Crippen molar-refractivity contribution < 1.29 is 9.16 Å². The van der Waals surface area contributed by atoms with Gasteiger partial charge in [-0.3, -0.25) is 0 Å². The first kappa shape index (κ1) is 21.4. The fourth-order valence-electron chi connectivity index (χ4n) is 3.92. The molecule has 1 aromatic carbocycles. The van der Waals surface area contributed by atoms with Crippen molar-refractivity contribution >= 4 is 8.32 Å². The van der Waals surface area contributed by atoms with Crippen LogP contribution in [0, 0.1) is 5.92 Å². The first-order chi connectivity index (χ1) is 11.3. The Morgan fingerprint density at radius 3 is 1.88 bits per heavy atom. The summed E-state index contributed by atoms with van der Waals surface area (Å²) in [5.74, 6) is 0.545. The third-order valence-electron chi connectivity index (χ3n) is 5.19. The van der Waals surface area contributed by atoms with Crippen LogP contribution in [0.2, 0.25) is 16.6 Å². The molecule has 24 heavy (non-hydrogen) atoms. The number of rotatable bonds is 11. The highest BCUT2D eigenvalue weighted by atomic mass is 28.4. The molecular weight excluding hydrogens is 312 g/mol. The van der Waals surface area contributed by atoms with Gasteiger partial charge in [-0.05, 0) is 34.5 Å². The second kappa shape index (κ2) is 10.4. The highest BCUT2D eigenvalue weighted by Crippen LogP contribution is 2.42. The first-order valence-corrected chi connectivity index (χ1v) is 11.7. The second-order valence-electron chi connectivity index (χ2n) is 8.06. The van der Waals surface area contributed by atoms with E-state index in [-0.39, 0.29) is 0 Å². The van der Waals surface area contributed by atoms with Crippen molar-refractivity contribution in [2.75, 3.05) is 13.2 Å². The Kier molecular flexibility index (Phi) is 9.25. The van der Waals surface area contributed by atoms with E-state index in [0.717, 1.165) is 19.6 Å². The van der Waals surface area contributed by atoms with E-state index in [4.69, 9.17) is 9.16 Å². The minimum Gasteiger partial charge on any atom is -0.416 e. The zero-order valence-corrected chi connectivity index (χ0v) is 17.8. The average Bonchev–Trinajstić information content (AvgIpc) is 2.52. The number of hydrogen-bond donors (Lipinski definition) is 0. The smallest absolute Gasteiger partial charge is 0.200 e. The molecule has 0 amide bonds. The van der Waals surface area contributed by atoms with Gasteiger partial charge in [0.15, 0.2) is 8.32 Å². The van der Waals surface area contributed by atoms with Crippen LogP contribution in [0.25, 0.3) is 0 Å². The maximum absolute atomic E-state index is 6.67. The largest absolute Gasteiger partial charge is 0.416 e. The van der Waals surface area contributed by atoms with Crippen molar-refractivity contribution in [2.24, 2.45) is 5.92 Å². The molecule has 0 spiro atoms. The summed E-state index contributed by atoms with van der Waals surface area (Å²) >= 11 is 0. The van der Waals surface area contributed by atoms with E-state index in [9.17, 15) is 0 Å². The van der Waals surface area contributed by atoms with E-state index in [1.807, 2.05) is 6.07 Å². The molecule has 0 unspecified atom stereocenters. The van der Waals surface area contributed by atoms with E-state index in [0.29, 0.717) is 29.1 Å². The lowest BCUT2D eigenvalue weighted by atomic mass is 10.1. The predicted molar refractivity (Wildman–Crippen MR) is 107 cm³/mol. The standard InChI is InChI=1S/C21H38O2Si/c1-17(2)24(18(3)4,19(5)6)23-15-20(7)13-14-22-16-21-11-9-8-10-12-21/h8-12,17-20H,13-16H2,1-7H3/t20-/m1/s1. The molecule has 1 rings (SSSR count). The summed E-state index contributed by atoms with van der Waals surface area (Å²) in [6.45, 7) is 18.7. The molecular formula is C21H38O2Si. The average molecular weight is 351 g/mol. The molecule has 0 N–H and O–H groups in total. The molecule has 3 heteroatoms. The molecule has 0 aliphatic rings. The zero-order chi connectivity index (χ0) is 18.2. The Morgan fingerprint density at radius 2 is 1.38 bits per heavy atom. The first-order valence-electron chi connectivity index (χ1n) is 9.56. The minimum absolute atomic E-state index is 0.545. The predicted octanol–water partition coefficient (Wildman–Crippen LogP) is 6.42. The molecule has 138 valence electrons. The Balaban J connectivity index is 2.39. The summed E-state index contributed by atoms with van der Waals surface area (Å²) < 4.78 is 12.5. The zero-order valence-electron chi connectivity index (χ0n) is 16.8. The lowest BCUT2D eigenvalue weighted by Crippen LogP contribution is -2.48. The van der Waals surface area contributed by atoms with Gasteiger partial charge in [0.1, 0.15) is 0 Å². The fraction of sp³-hybridized carbons (Fsp3) is 0.714. The molecule has 0 bridgehead atoms. The highest BCUT2D eigenvalue weighted by molar-refractivity contribution is 6.77. The van der Waals surface area contributed by atoms with Crippen LogP contribution in [0.1, 0.15) is 60.5 Å². The highest BCUT2D eigenvalue weighted by Gasteiger charge is 2.45. The van der Waals surface area contributed by atoms with Gasteiger partial charge in [-0.2, -0.15) is 0 Å². The van der Waals surface area contributed by atoms with Gasteiger partial charge in [0.05, 0.1) is 6.61 Å². The summed E-state index contributed by atoms with van der Waals surface area (Å²) in [6, 6.07) is 10.4. The summed E-state index contributed by atoms with van der Waals surface area (Å²) in [4.78, 5) is 0. The van der Waals surface area contributed by atoms with Crippen LogP contribution in [0.4, 0.5) is 0 Å². The normalized spacial score (nSPS) is 13.9. The van der Waals surface area contributed by atoms with Gasteiger partial charge in [-0.1, -0.05) is 78.8 Å². The Morgan fingerprint density at radius 1 is 0.833 bits per heavy atom. The van der Waals surface area contributed by atoms with Crippen molar-refractivity contribution in [3.8, 4) is 0 Å². The lowest BCUT2D eigenvalue weighted by molar-refractivity contribution is 0.0990. The van der Waals surface area contributed by atoms with Crippen LogP contribution in [0.15, 0.2) is 30.3 Å². The van der Waals surface area contributed by atoms with Crippen LogP contribution in [-0.4, -0.2) is 21.5 Å². The van der Waals surface area contributed by atoms with Gasteiger partial charge in [0.2, 0.25) is 0 Å². The third kappa shape index (κ3) is 6.02. The van der Waals surface area contributed by atoms with E-state index < -0.39 is 8.32 Å². The van der Waals surface area contributed by atoms with Crippen molar-refractivity contribution in [2.45, 2.75) is 78.1 Å². The van der Waals surface area contributed by atoms with Crippen LogP contribution < -0.4 is 0 Å². The molecule has 0 aliphatic heterocycles. The molecule has 0 radical (unpaired) electrons. The quantitative estimate of drug-likeness (QED) is 0.338. The summed E-state index contributed by atoms with van der Waals surface area (Å²) in [6.07, 6.45) is 1.06. The molecule has 0 saturated carbocycles. The third-order valence-corrected chi connectivity index (χ3v) is 11.3. The van der Waals surface area contributed by atoms with Gasteiger partial charge < -0.3 is 9.16 Å². The number of hydrogen-bond acceptors (Lipinski definition) is 2. The van der Waals surface area contributed by atoms with Gasteiger partial charge >= 0.3 is 0 Å². The number of ether oxygens (including phenoxy) is 1. The number of benzene rings is 1. The maximum atomic E-state index is 6.67. The summed E-state index contributed by atoms with van der Waals surface area (Å²) in [5, 5.41) is 0. The topological polar surface area (TPSA) is 18.5 Å². The van der Waals surface area contributed by atoms with Gasteiger partial charge in [-0.15, -0.1) is 0 Å². The molecule has 1 aromatic rings. The van der Waals surface area contributed by atoms with Crippen molar-refractivity contribution in [1.82, 2.24) is 0 Å². The van der Waals surface area contributed by atoms with Gasteiger partial charge in [-0.25, -0.2) is 0 Å². The van der Waals surface area contributed by atoms with Crippen molar-refractivity contribution in [3.05, 3.63) is 35.9 Å². The van der Waals surface area contributed by atoms with E-state index in [1.54, 1.807) is 0 Å². The Labute approximate surface area is 151 Å². The van der Waals surface area contributed by atoms with E-state index >= 15 is 0 Å². The molecule has 0 heterocycles. The van der Waals surface area contributed by atoms with Crippen molar-refractivity contribution in [1.29, 1.82) is 0 Å². The summed E-state index contributed by atoms with van der Waals surface area (Å²) in [5.41, 5.74) is 3.20. The molecule has 0 saturated heterocycles. The lowest BCUT2D eigenvalue weighted by Gasteiger charge is -2.42. The maximum Gasteiger partial charge on any atom is 0.200 e. The van der Waals surface area contributed by atoms with Crippen molar-refractivity contribution in [3.63, 3.8) is 0 Å². The minimum atomic E-state index is -1.73. The molecule has 2 nitrogen and oxygen atoms in total. The fourth-order valence-corrected chi connectivity index (χ4v) is 9.49. The van der Waals surface area contributed by atoms with E-state index in [2.05, 4.69) is 72.7 Å². The molecule has 1 atom stereocenters. The SMILES string of the molecule is CC(C)[Si](OC[C@H](C)CCOCc1ccccc1)(C(C)C)C(C)C. The van der Waals surface area contributed by atoms with Crippen LogP contribution in [0.5, 0.6) is 0 Å². The molecule has 0 aromatic heterocycles. The van der Waals surface area contributed by atoms with Crippen LogP contribution in [0.3, 0.4) is 0 Å². The second-order valence-corrected chi connectivity index (χ2v) is 13.5. The Hall–Kier alpha value is -0.643. The monoisotopic (exact) mass is 350 g/mol. The summed E-state index contributed by atoms with van der Waals surface area (Å²) in [7, 11) is -1.73.